The Labute approximate surface area is 45.9 Å². The van der Waals surface area contributed by atoms with Crippen molar-refractivity contribution in [3.8, 4) is 0 Å². The molecule has 1 aliphatic rings. The van der Waals surface area contributed by atoms with E-state index in [1.807, 2.05) is 0 Å². The van der Waals surface area contributed by atoms with Crippen LogP contribution in [0.15, 0.2) is 0 Å². The Bertz CT molecular complexity index is 54.4. The fraction of sp³-hybridized carbons (Fsp3) is 0.714. The van der Waals surface area contributed by atoms with E-state index in [2.05, 4.69) is 26.7 Å². The fourth-order valence-electron chi connectivity index (χ4n) is 0.994. The standard InChI is InChI=1S/C7H12/c1-7(2)5-3-4-6-7/h5-6H,3-4H2,1-2H3. The summed E-state index contributed by atoms with van der Waals surface area (Å²) in [6.45, 7) is 4.50. The van der Waals surface area contributed by atoms with Crippen molar-refractivity contribution in [1.82, 2.24) is 0 Å². The molecule has 1 aliphatic carbocycles. The van der Waals surface area contributed by atoms with Crippen LogP contribution in [0.2, 0.25) is 0 Å². The Kier molecular flexibility index (Phi) is 1.10. The van der Waals surface area contributed by atoms with Crippen LogP contribution in [-0.4, -0.2) is 0 Å². The lowest BCUT2D eigenvalue weighted by Crippen LogP contribution is -2.03. The maximum absolute atomic E-state index is 2.37. The molecule has 1 saturated carbocycles. The van der Waals surface area contributed by atoms with Crippen LogP contribution in [0.4, 0.5) is 0 Å². The van der Waals surface area contributed by atoms with E-state index >= 15 is 0 Å². The summed E-state index contributed by atoms with van der Waals surface area (Å²) >= 11 is 0. The van der Waals surface area contributed by atoms with Gasteiger partial charge in [-0.2, -0.15) is 0 Å². The van der Waals surface area contributed by atoms with E-state index < -0.39 is 0 Å². The lowest BCUT2D eigenvalue weighted by molar-refractivity contribution is 0.556. The first-order valence-electron chi connectivity index (χ1n) is 2.89. The molecule has 0 spiro atoms. The van der Waals surface area contributed by atoms with Gasteiger partial charge in [0.15, 0.2) is 0 Å². The van der Waals surface area contributed by atoms with E-state index in [4.69, 9.17) is 0 Å². The summed E-state index contributed by atoms with van der Waals surface area (Å²) in [5, 5.41) is 0. The summed E-state index contributed by atoms with van der Waals surface area (Å²) in [5.41, 5.74) is 0.444. The highest BCUT2D eigenvalue weighted by molar-refractivity contribution is 5.02. The summed E-state index contributed by atoms with van der Waals surface area (Å²) in [5.74, 6) is 0. The van der Waals surface area contributed by atoms with Crippen molar-refractivity contribution in [2.45, 2.75) is 26.7 Å². The summed E-state index contributed by atoms with van der Waals surface area (Å²) in [7, 11) is 0. The zero-order chi connectivity index (χ0) is 5.33. The van der Waals surface area contributed by atoms with Crippen molar-refractivity contribution < 1.29 is 0 Å². The van der Waals surface area contributed by atoms with Crippen LogP contribution < -0.4 is 0 Å². The quantitative estimate of drug-likeness (QED) is 0.433. The molecule has 0 aromatic carbocycles. The highest BCUT2D eigenvalue weighted by Crippen LogP contribution is 2.34. The molecular weight excluding hydrogens is 84.1 g/mol. The molecule has 0 saturated heterocycles. The third-order valence-electron chi connectivity index (χ3n) is 1.51. The van der Waals surface area contributed by atoms with Gasteiger partial charge in [0.2, 0.25) is 0 Å². The second-order valence-corrected chi connectivity index (χ2v) is 2.81. The van der Waals surface area contributed by atoms with Crippen LogP contribution in [0, 0.1) is 18.3 Å². The summed E-state index contributed by atoms with van der Waals surface area (Å²) in [4.78, 5) is 0. The average Bonchev–Trinajstić information content (AvgIpc) is 1.84. The van der Waals surface area contributed by atoms with Crippen LogP contribution in [0.25, 0.3) is 0 Å². The highest BCUT2D eigenvalue weighted by Gasteiger charge is 2.22. The van der Waals surface area contributed by atoms with Crippen molar-refractivity contribution in [3.05, 3.63) is 12.8 Å². The van der Waals surface area contributed by atoms with Gasteiger partial charge < -0.3 is 0 Å². The Morgan fingerprint density at radius 2 is 1.57 bits per heavy atom. The zero-order valence-electron chi connectivity index (χ0n) is 5.07. The molecule has 0 heterocycles. The molecule has 0 amide bonds. The molecule has 0 N–H and O–H groups in total. The molecule has 0 bridgehead atoms. The molecular formula is C7H12. The maximum atomic E-state index is 2.37. The Morgan fingerprint density at radius 3 is 1.71 bits per heavy atom. The Hall–Kier alpha value is 0. The van der Waals surface area contributed by atoms with Crippen molar-refractivity contribution in [2.75, 3.05) is 0 Å². The van der Waals surface area contributed by atoms with Gasteiger partial charge in [-0.05, 0) is 31.1 Å². The van der Waals surface area contributed by atoms with Gasteiger partial charge >= 0.3 is 0 Å². The van der Waals surface area contributed by atoms with E-state index in [0.717, 1.165) is 0 Å². The van der Waals surface area contributed by atoms with Gasteiger partial charge in [-0.25, -0.2) is 0 Å². The lowest BCUT2D eigenvalue weighted by atomic mass is 9.92. The maximum Gasteiger partial charge on any atom is -0.0292 e. The van der Waals surface area contributed by atoms with Gasteiger partial charge in [-0.3, -0.25) is 0 Å². The highest BCUT2D eigenvalue weighted by atomic mass is 14.3. The van der Waals surface area contributed by atoms with Crippen molar-refractivity contribution in [1.29, 1.82) is 0 Å². The molecule has 1 rings (SSSR count). The smallest absolute Gasteiger partial charge is 0.0292 e. The van der Waals surface area contributed by atoms with Gasteiger partial charge in [0, 0.05) is 0 Å². The fourth-order valence-corrected chi connectivity index (χ4v) is 0.994. The van der Waals surface area contributed by atoms with Gasteiger partial charge in [-0.15, -0.1) is 0 Å². The minimum Gasteiger partial charge on any atom is -0.0594 e. The average molecular weight is 96.2 g/mol. The van der Waals surface area contributed by atoms with Crippen LogP contribution >= 0.6 is 0 Å². The topological polar surface area (TPSA) is 0 Å². The van der Waals surface area contributed by atoms with Crippen LogP contribution in [0.1, 0.15) is 26.7 Å². The van der Waals surface area contributed by atoms with Crippen LogP contribution in [0.3, 0.4) is 0 Å². The van der Waals surface area contributed by atoms with Gasteiger partial charge in [-0.1, -0.05) is 13.8 Å². The predicted octanol–water partition coefficient (Wildman–Crippen LogP) is 2.21. The molecule has 40 valence electrons. The van der Waals surface area contributed by atoms with Crippen LogP contribution in [-0.2, 0) is 0 Å². The molecule has 2 radical (unpaired) electrons. The van der Waals surface area contributed by atoms with E-state index in [9.17, 15) is 0 Å². The molecule has 0 aromatic heterocycles. The first kappa shape index (κ1) is 5.14. The second-order valence-electron chi connectivity index (χ2n) is 2.81. The molecule has 0 nitrogen and oxygen atoms in total. The molecule has 0 atom stereocenters. The summed E-state index contributed by atoms with van der Waals surface area (Å²) in [6.07, 6.45) is 7.31. The normalized spacial score (nSPS) is 28.3. The lowest BCUT2D eigenvalue weighted by Gasteiger charge is -2.13. The molecule has 0 unspecified atom stereocenters. The minimum atomic E-state index is 0.444. The van der Waals surface area contributed by atoms with E-state index in [-0.39, 0.29) is 0 Å². The molecule has 0 aromatic rings. The number of rotatable bonds is 0. The first-order chi connectivity index (χ1) is 3.21. The molecule has 7 heavy (non-hydrogen) atoms. The molecule has 1 fully saturated rings. The third-order valence-corrected chi connectivity index (χ3v) is 1.51. The van der Waals surface area contributed by atoms with Gasteiger partial charge in [0.05, 0.1) is 0 Å². The van der Waals surface area contributed by atoms with Gasteiger partial charge in [0.25, 0.3) is 0 Å². The van der Waals surface area contributed by atoms with Crippen LogP contribution in [0.5, 0.6) is 0 Å². The van der Waals surface area contributed by atoms with E-state index in [1.54, 1.807) is 0 Å². The number of hydrogen-bond donors (Lipinski definition) is 0. The molecule has 0 heteroatoms. The second kappa shape index (κ2) is 1.50. The van der Waals surface area contributed by atoms with E-state index in [1.165, 1.54) is 12.8 Å². The number of hydrogen-bond acceptors (Lipinski definition) is 0. The Morgan fingerprint density at radius 1 is 1.14 bits per heavy atom. The predicted molar refractivity (Wildman–Crippen MR) is 31.6 cm³/mol. The molecule has 0 aliphatic heterocycles. The SMILES string of the molecule is CC1(C)[CH]CC[CH]1. The summed E-state index contributed by atoms with van der Waals surface area (Å²) in [6, 6.07) is 0. The first-order valence-corrected chi connectivity index (χ1v) is 2.89. The largest absolute Gasteiger partial charge is 0.0594 e. The van der Waals surface area contributed by atoms with Crippen molar-refractivity contribution in [3.63, 3.8) is 0 Å². The van der Waals surface area contributed by atoms with E-state index in [0.29, 0.717) is 5.41 Å². The zero-order valence-corrected chi connectivity index (χ0v) is 5.07. The summed E-state index contributed by atoms with van der Waals surface area (Å²) < 4.78 is 0. The van der Waals surface area contributed by atoms with Crippen molar-refractivity contribution in [2.24, 2.45) is 5.41 Å². The monoisotopic (exact) mass is 96.1 g/mol. The Balaban J connectivity index is 2.40. The minimum absolute atomic E-state index is 0.444. The third kappa shape index (κ3) is 1.19. The van der Waals surface area contributed by atoms with Gasteiger partial charge in [0.1, 0.15) is 0 Å². The van der Waals surface area contributed by atoms with Crippen molar-refractivity contribution >= 4 is 0 Å².